The zero-order valence-electron chi connectivity index (χ0n) is 18.1. The van der Waals surface area contributed by atoms with Crippen molar-refractivity contribution in [3.8, 4) is 11.3 Å². The van der Waals surface area contributed by atoms with Crippen LogP contribution >= 0.6 is 11.6 Å². The van der Waals surface area contributed by atoms with Crippen LogP contribution in [0.1, 0.15) is 46.5 Å². The van der Waals surface area contributed by atoms with Gasteiger partial charge >= 0.3 is 5.97 Å². The quantitative estimate of drug-likeness (QED) is 0.508. The summed E-state index contributed by atoms with van der Waals surface area (Å²) in [6.07, 6.45) is 3.89. The number of pyridine rings is 1. The van der Waals surface area contributed by atoms with Gasteiger partial charge < -0.3 is 15.2 Å². The molecule has 0 aliphatic heterocycles. The number of carbonyl (C=O) groups is 1. The summed E-state index contributed by atoms with van der Waals surface area (Å²) < 4.78 is 5.02. The van der Waals surface area contributed by atoms with Crippen LogP contribution < -0.4 is 5.32 Å². The van der Waals surface area contributed by atoms with E-state index in [1.54, 1.807) is 31.3 Å². The number of aliphatic hydroxyl groups is 1. The number of fused-ring (bicyclic) bond motifs is 1. The number of hydrogen-bond donors (Lipinski definition) is 2. The Labute approximate surface area is 193 Å². The minimum Gasteiger partial charge on any atom is -0.462 e. The van der Waals surface area contributed by atoms with Crippen LogP contribution in [0.3, 0.4) is 0 Å². The number of hydrogen-bond acceptors (Lipinski definition) is 5. The molecule has 2 N–H and O–H groups in total. The number of rotatable bonds is 7. The normalized spacial score (nSPS) is 16.3. The van der Waals surface area contributed by atoms with Crippen LogP contribution in [-0.2, 0) is 17.6 Å². The molecule has 0 spiro atoms. The molecule has 1 heterocycles. The van der Waals surface area contributed by atoms with E-state index in [1.807, 2.05) is 18.2 Å². The molecule has 3 aromatic rings. The summed E-state index contributed by atoms with van der Waals surface area (Å²) in [7, 11) is 0. The number of nitrogens with one attached hydrogen (secondary N) is 1. The first-order chi connectivity index (χ1) is 15.5. The molecule has 0 fully saturated rings. The summed E-state index contributed by atoms with van der Waals surface area (Å²) >= 11 is 6.04. The fraction of sp³-hybridized carbons (Fsp3) is 0.308. The SMILES string of the molecule is CCOC(=O)c1ccc(-c2ccc3c(c2)C[C@@H](NC[C@H](O)c2cccc(Cl)c2)CC3)nc1. The van der Waals surface area contributed by atoms with Gasteiger partial charge in [0.15, 0.2) is 0 Å². The summed E-state index contributed by atoms with van der Waals surface area (Å²) in [6, 6.07) is 17.7. The van der Waals surface area contributed by atoms with Gasteiger partial charge in [-0.15, -0.1) is 0 Å². The van der Waals surface area contributed by atoms with Crippen LogP contribution in [0.25, 0.3) is 11.3 Å². The molecule has 0 saturated carbocycles. The van der Waals surface area contributed by atoms with E-state index < -0.39 is 6.10 Å². The number of aryl methyl sites for hydroxylation is 1. The molecule has 2 aromatic carbocycles. The second kappa shape index (κ2) is 10.3. The van der Waals surface area contributed by atoms with E-state index in [0.29, 0.717) is 29.8 Å². The molecule has 6 heteroatoms. The zero-order valence-corrected chi connectivity index (χ0v) is 18.8. The number of ether oxygens (including phenoxy) is 1. The van der Waals surface area contributed by atoms with Crippen LogP contribution in [0.4, 0.5) is 0 Å². The van der Waals surface area contributed by atoms with Gasteiger partial charge in [0, 0.05) is 29.4 Å². The van der Waals surface area contributed by atoms with E-state index in [-0.39, 0.29) is 5.97 Å². The summed E-state index contributed by atoms with van der Waals surface area (Å²) in [5.41, 5.74) is 5.77. The molecule has 1 aliphatic carbocycles. The molecule has 0 radical (unpaired) electrons. The number of halogens is 1. The molecule has 1 aliphatic rings. The minimum atomic E-state index is -0.594. The van der Waals surface area contributed by atoms with E-state index in [9.17, 15) is 9.90 Å². The maximum atomic E-state index is 11.8. The van der Waals surface area contributed by atoms with Crippen LogP contribution in [0.15, 0.2) is 60.8 Å². The number of aromatic nitrogens is 1. The van der Waals surface area contributed by atoms with Gasteiger partial charge in [-0.3, -0.25) is 4.98 Å². The van der Waals surface area contributed by atoms with Gasteiger partial charge in [-0.05, 0) is 73.2 Å². The molecule has 0 saturated heterocycles. The first kappa shape index (κ1) is 22.5. The van der Waals surface area contributed by atoms with Crippen molar-refractivity contribution in [3.05, 3.63) is 88.1 Å². The summed E-state index contributed by atoms with van der Waals surface area (Å²) in [5, 5.41) is 14.6. The van der Waals surface area contributed by atoms with Crippen molar-refractivity contribution in [2.45, 2.75) is 38.3 Å². The van der Waals surface area contributed by atoms with Crippen molar-refractivity contribution in [1.29, 1.82) is 0 Å². The lowest BCUT2D eigenvalue weighted by Gasteiger charge is -2.27. The maximum Gasteiger partial charge on any atom is 0.339 e. The van der Waals surface area contributed by atoms with Crippen molar-refractivity contribution in [2.24, 2.45) is 0 Å². The first-order valence-corrected chi connectivity index (χ1v) is 11.3. The van der Waals surface area contributed by atoms with Gasteiger partial charge in [0.25, 0.3) is 0 Å². The molecule has 0 amide bonds. The van der Waals surface area contributed by atoms with E-state index in [2.05, 4.69) is 28.5 Å². The lowest BCUT2D eigenvalue weighted by Crippen LogP contribution is -2.37. The third kappa shape index (κ3) is 5.36. The Kier molecular flexibility index (Phi) is 7.20. The van der Waals surface area contributed by atoms with Gasteiger partial charge in [0.1, 0.15) is 0 Å². The lowest BCUT2D eigenvalue weighted by atomic mass is 9.86. The highest BCUT2D eigenvalue weighted by molar-refractivity contribution is 6.30. The van der Waals surface area contributed by atoms with E-state index in [0.717, 1.165) is 36.1 Å². The predicted molar refractivity (Wildman–Crippen MR) is 126 cm³/mol. The molecular formula is C26H27ClN2O3. The second-order valence-corrected chi connectivity index (χ2v) is 8.49. The van der Waals surface area contributed by atoms with Crippen molar-refractivity contribution >= 4 is 17.6 Å². The highest BCUT2D eigenvalue weighted by Crippen LogP contribution is 2.27. The predicted octanol–water partition coefficient (Wildman–Crippen LogP) is 4.76. The zero-order chi connectivity index (χ0) is 22.5. The summed E-state index contributed by atoms with van der Waals surface area (Å²) in [5.74, 6) is -0.356. The lowest BCUT2D eigenvalue weighted by molar-refractivity contribution is 0.0526. The Morgan fingerprint density at radius 1 is 1.22 bits per heavy atom. The average molecular weight is 451 g/mol. The third-order valence-corrected chi connectivity index (χ3v) is 6.07. The molecule has 1 aromatic heterocycles. The average Bonchev–Trinajstić information content (AvgIpc) is 2.82. The van der Waals surface area contributed by atoms with Crippen molar-refractivity contribution < 1.29 is 14.6 Å². The van der Waals surface area contributed by atoms with E-state index >= 15 is 0 Å². The molecular weight excluding hydrogens is 424 g/mol. The fourth-order valence-electron chi connectivity index (χ4n) is 4.10. The standard InChI is InChI=1S/C26H27ClN2O3/c1-2-32-26(31)20-9-11-24(29-15-20)18-7-6-17-8-10-23(14-21(17)12-18)28-16-25(30)19-4-3-5-22(27)13-19/h3-7,9,11-13,15,23,25,28,30H,2,8,10,14,16H2,1H3/t23-,25-/m0/s1. The Morgan fingerprint density at radius 3 is 2.84 bits per heavy atom. The van der Waals surface area contributed by atoms with Crippen molar-refractivity contribution in [2.75, 3.05) is 13.2 Å². The molecule has 0 bridgehead atoms. The van der Waals surface area contributed by atoms with Gasteiger partial charge in [0.05, 0.1) is 24.0 Å². The molecule has 2 atom stereocenters. The Hall–Kier alpha value is -2.73. The van der Waals surface area contributed by atoms with Crippen LogP contribution in [-0.4, -0.2) is 35.3 Å². The smallest absolute Gasteiger partial charge is 0.339 e. The largest absolute Gasteiger partial charge is 0.462 e. The molecule has 5 nitrogen and oxygen atoms in total. The fourth-order valence-corrected chi connectivity index (χ4v) is 4.30. The van der Waals surface area contributed by atoms with Gasteiger partial charge in [-0.2, -0.15) is 0 Å². The molecule has 0 unspecified atom stereocenters. The number of carbonyl (C=O) groups excluding carboxylic acids is 1. The van der Waals surface area contributed by atoms with Crippen molar-refractivity contribution in [1.82, 2.24) is 10.3 Å². The van der Waals surface area contributed by atoms with Crippen LogP contribution in [0.5, 0.6) is 0 Å². The Morgan fingerprint density at radius 2 is 2.09 bits per heavy atom. The van der Waals surface area contributed by atoms with Gasteiger partial charge in [0.2, 0.25) is 0 Å². The number of esters is 1. The first-order valence-electron chi connectivity index (χ1n) is 11.0. The molecule has 32 heavy (non-hydrogen) atoms. The highest BCUT2D eigenvalue weighted by Gasteiger charge is 2.20. The minimum absolute atomic E-state index is 0.297. The third-order valence-electron chi connectivity index (χ3n) is 5.84. The Bertz CT molecular complexity index is 1080. The van der Waals surface area contributed by atoms with E-state index in [1.165, 1.54) is 11.1 Å². The van der Waals surface area contributed by atoms with Crippen LogP contribution in [0, 0.1) is 0 Å². The number of benzene rings is 2. The van der Waals surface area contributed by atoms with Crippen LogP contribution in [0.2, 0.25) is 5.02 Å². The number of nitrogens with zero attached hydrogens (tertiary/aromatic N) is 1. The maximum absolute atomic E-state index is 11.8. The monoisotopic (exact) mass is 450 g/mol. The van der Waals surface area contributed by atoms with Crippen molar-refractivity contribution in [3.63, 3.8) is 0 Å². The topological polar surface area (TPSA) is 71.5 Å². The summed E-state index contributed by atoms with van der Waals surface area (Å²) in [6.45, 7) is 2.61. The van der Waals surface area contributed by atoms with Gasteiger partial charge in [-0.1, -0.05) is 35.9 Å². The van der Waals surface area contributed by atoms with Gasteiger partial charge in [-0.25, -0.2) is 4.79 Å². The molecule has 4 rings (SSSR count). The van der Waals surface area contributed by atoms with E-state index in [4.69, 9.17) is 16.3 Å². The summed E-state index contributed by atoms with van der Waals surface area (Å²) in [4.78, 5) is 16.3. The number of aliphatic hydroxyl groups excluding tert-OH is 1. The second-order valence-electron chi connectivity index (χ2n) is 8.05. The molecule has 166 valence electrons. The highest BCUT2D eigenvalue weighted by atomic mass is 35.5. The Balaban J connectivity index is 1.41.